The van der Waals surface area contributed by atoms with Crippen molar-refractivity contribution in [3.63, 3.8) is 0 Å². The van der Waals surface area contributed by atoms with E-state index in [1.54, 1.807) is 42.8 Å². The number of nitrogens with zero attached hydrogens (tertiary/aromatic N) is 4. The van der Waals surface area contributed by atoms with Crippen molar-refractivity contribution < 1.29 is 0 Å². The van der Waals surface area contributed by atoms with Crippen molar-refractivity contribution in [1.82, 2.24) is 0 Å². The molecule has 2 aromatic rings. The molecule has 0 aromatic heterocycles. The van der Waals surface area contributed by atoms with Gasteiger partial charge in [-0.1, -0.05) is 0 Å². The Morgan fingerprint density at radius 3 is 1.38 bits per heavy atom. The van der Waals surface area contributed by atoms with E-state index in [0.29, 0.717) is 33.4 Å². The van der Waals surface area contributed by atoms with E-state index in [4.69, 9.17) is 21.0 Å². The van der Waals surface area contributed by atoms with Gasteiger partial charge in [0.1, 0.15) is 0 Å². The van der Waals surface area contributed by atoms with E-state index in [2.05, 4.69) is 0 Å². The molecule has 1 radical (unpaired) electrons. The number of nitriles is 4. The van der Waals surface area contributed by atoms with E-state index in [-0.39, 0.29) is 0 Å². The minimum atomic E-state index is 0.403. The standard InChI is InChI=1S/C17H7N4/c18-8-12-1-3-14(10-20)16(5-12)7-17-6-13(9-19)2-4-15(17)11-21/h1-7H. The smallest absolute Gasteiger partial charge is 0.0994 e. The van der Waals surface area contributed by atoms with E-state index in [1.165, 1.54) is 0 Å². The van der Waals surface area contributed by atoms with E-state index in [9.17, 15) is 0 Å². The average Bonchev–Trinajstić information content (AvgIpc) is 2.54. The average molecular weight is 267 g/mol. The molecule has 0 bridgehead atoms. The fourth-order valence-corrected chi connectivity index (χ4v) is 1.87. The van der Waals surface area contributed by atoms with E-state index < -0.39 is 0 Å². The van der Waals surface area contributed by atoms with Crippen LogP contribution >= 0.6 is 0 Å². The summed E-state index contributed by atoms with van der Waals surface area (Å²) in [4.78, 5) is 0. The number of rotatable bonds is 2. The lowest BCUT2D eigenvalue weighted by Gasteiger charge is -2.07. The summed E-state index contributed by atoms with van der Waals surface area (Å²) in [5.41, 5.74) is 2.75. The zero-order chi connectivity index (χ0) is 15.2. The molecule has 0 heterocycles. The van der Waals surface area contributed by atoms with Gasteiger partial charge in [-0.15, -0.1) is 0 Å². The third-order valence-electron chi connectivity index (χ3n) is 2.91. The van der Waals surface area contributed by atoms with Gasteiger partial charge in [0.05, 0.1) is 46.5 Å². The summed E-state index contributed by atoms with van der Waals surface area (Å²) in [6, 6.07) is 17.5. The van der Waals surface area contributed by atoms with Gasteiger partial charge >= 0.3 is 0 Å². The largest absolute Gasteiger partial charge is 0.192 e. The molecular formula is C17H7N4. The first-order valence-corrected chi connectivity index (χ1v) is 5.95. The van der Waals surface area contributed by atoms with Gasteiger partial charge in [-0.25, -0.2) is 0 Å². The monoisotopic (exact) mass is 267 g/mol. The van der Waals surface area contributed by atoms with Crippen molar-refractivity contribution in [1.29, 1.82) is 21.0 Å². The van der Waals surface area contributed by atoms with Gasteiger partial charge in [-0.3, -0.25) is 0 Å². The fraction of sp³-hybridized carbons (Fsp3) is 0. The summed E-state index contributed by atoms with van der Waals surface area (Å²) in [7, 11) is 0. The normalized spacial score (nSPS) is 8.95. The summed E-state index contributed by atoms with van der Waals surface area (Å²) in [5.74, 6) is 0. The first kappa shape index (κ1) is 13.8. The van der Waals surface area contributed by atoms with Crippen LogP contribution in [0.25, 0.3) is 0 Å². The summed E-state index contributed by atoms with van der Waals surface area (Å²) in [6.45, 7) is 0. The first-order valence-electron chi connectivity index (χ1n) is 5.95. The molecule has 0 N–H and O–H groups in total. The van der Waals surface area contributed by atoms with Crippen LogP contribution in [0, 0.1) is 51.7 Å². The van der Waals surface area contributed by atoms with E-state index >= 15 is 0 Å². The molecule has 0 aliphatic carbocycles. The molecule has 0 aliphatic heterocycles. The molecule has 0 aliphatic rings. The summed E-state index contributed by atoms with van der Waals surface area (Å²) < 4.78 is 0. The van der Waals surface area contributed by atoms with Crippen molar-refractivity contribution in [2.75, 3.05) is 0 Å². The van der Waals surface area contributed by atoms with Crippen LogP contribution in [-0.4, -0.2) is 0 Å². The Morgan fingerprint density at radius 2 is 1.05 bits per heavy atom. The molecule has 0 amide bonds. The quantitative estimate of drug-likeness (QED) is 0.835. The highest BCUT2D eigenvalue weighted by molar-refractivity contribution is 5.56. The van der Waals surface area contributed by atoms with Crippen LogP contribution in [0.4, 0.5) is 0 Å². The van der Waals surface area contributed by atoms with Crippen molar-refractivity contribution in [2.24, 2.45) is 0 Å². The second-order valence-corrected chi connectivity index (χ2v) is 4.20. The third-order valence-corrected chi connectivity index (χ3v) is 2.91. The third kappa shape index (κ3) is 2.87. The molecule has 2 aromatic carbocycles. The van der Waals surface area contributed by atoms with Gasteiger partial charge in [0.15, 0.2) is 0 Å². The lowest BCUT2D eigenvalue weighted by Crippen LogP contribution is -1.95. The minimum Gasteiger partial charge on any atom is -0.192 e. The van der Waals surface area contributed by atoms with Gasteiger partial charge in [0, 0.05) is 6.42 Å². The Hall–Kier alpha value is -3.60. The molecule has 0 saturated carbocycles. The van der Waals surface area contributed by atoms with Crippen LogP contribution in [0.1, 0.15) is 33.4 Å². The Labute approximate surface area is 122 Å². The van der Waals surface area contributed by atoms with E-state index in [1.807, 2.05) is 24.3 Å². The number of hydrogen-bond donors (Lipinski definition) is 0. The molecule has 4 heteroatoms. The Kier molecular flexibility index (Phi) is 3.97. The Bertz CT molecular complexity index is 794. The Morgan fingerprint density at radius 1 is 0.619 bits per heavy atom. The van der Waals surface area contributed by atoms with Gasteiger partial charge in [0.25, 0.3) is 0 Å². The van der Waals surface area contributed by atoms with E-state index in [0.717, 1.165) is 0 Å². The maximum atomic E-state index is 9.12. The zero-order valence-electron chi connectivity index (χ0n) is 10.8. The molecule has 21 heavy (non-hydrogen) atoms. The number of hydrogen-bond acceptors (Lipinski definition) is 4. The van der Waals surface area contributed by atoms with Crippen molar-refractivity contribution in [3.05, 3.63) is 76.2 Å². The second-order valence-electron chi connectivity index (χ2n) is 4.20. The molecular weight excluding hydrogens is 260 g/mol. The maximum Gasteiger partial charge on any atom is 0.0994 e. The topological polar surface area (TPSA) is 95.2 Å². The summed E-state index contributed by atoms with van der Waals surface area (Å²) in [5, 5.41) is 36.1. The highest BCUT2D eigenvalue weighted by Crippen LogP contribution is 2.21. The minimum absolute atomic E-state index is 0.403. The zero-order valence-corrected chi connectivity index (χ0v) is 10.8. The van der Waals surface area contributed by atoms with Gasteiger partial charge in [-0.2, -0.15) is 21.0 Å². The van der Waals surface area contributed by atoms with Crippen molar-refractivity contribution in [3.8, 4) is 24.3 Å². The lowest BCUT2D eigenvalue weighted by atomic mass is 9.94. The maximum absolute atomic E-state index is 9.12. The Balaban J connectivity index is 2.53. The molecule has 95 valence electrons. The lowest BCUT2D eigenvalue weighted by molar-refractivity contribution is 1.34. The van der Waals surface area contributed by atoms with Crippen LogP contribution < -0.4 is 0 Å². The first-order chi connectivity index (χ1) is 10.2. The van der Waals surface area contributed by atoms with Gasteiger partial charge in [-0.05, 0) is 47.5 Å². The summed E-state index contributed by atoms with van der Waals surface area (Å²) in [6.07, 6.45) is 1.64. The molecule has 0 spiro atoms. The predicted molar refractivity (Wildman–Crippen MR) is 74.2 cm³/mol. The van der Waals surface area contributed by atoms with Crippen LogP contribution in [-0.2, 0) is 0 Å². The second kappa shape index (κ2) is 6.03. The molecule has 0 saturated heterocycles. The highest BCUT2D eigenvalue weighted by atomic mass is 14.3. The highest BCUT2D eigenvalue weighted by Gasteiger charge is 2.10. The van der Waals surface area contributed by atoms with Crippen LogP contribution in [0.2, 0.25) is 0 Å². The number of benzene rings is 2. The molecule has 0 atom stereocenters. The van der Waals surface area contributed by atoms with Gasteiger partial charge in [0.2, 0.25) is 0 Å². The molecule has 0 fully saturated rings. The van der Waals surface area contributed by atoms with Crippen molar-refractivity contribution >= 4 is 0 Å². The molecule has 2 rings (SSSR count). The van der Waals surface area contributed by atoms with Gasteiger partial charge < -0.3 is 0 Å². The summed E-state index contributed by atoms with van der Waals surface area (Å²) >= 11 is 0. The van der Waals surface area contributed by atoms with Crippen LogP contribution in [0.15, 0.2) is 36.4 Å². The molecule has 0 unspecified atom stereocenters. The SMILES string of the molecule is N#Cc1ccc(C#N)c([CH]c2cc(C#N)ccc2C#N)c1. The van der Waals surface area contributed by atoms with Crippen molar-refractivity contribution in [2.45, 2.75) is 0 Å². The van der Waals surface area contributed by atoms with Crippen LogP contribution in [0.3, 0.4) is 0 Å². The fourth-order valence-electron chi connectivity index (χ4n) is 1.87. The predicted octanol–water partition coefficient (Wildman–Crippen LogP) is 2.77. The molecule has 4 nitrogen and oxygen atoms in total. The van der Waals surface area contributed by atoms with Crippen LogP contribution in [0.5, 0.6) is 0 Å².